The number of aliphatic carboxylic acids is 1. The van der Waals surface area contributed by atoms with E-state index < -0.39 is 24.5 Å². The van der Waals surface area contributed by atoms with Crippen LogP contribution in [0.4, 0.5) is 0 Å². The van der Waals surface area contributed by atoms with E-state index in [2.05, 4.69) is 10.3 Å². The number of phenolic OH excluding ortho intramolecular Hbond substituents is 1. The first kappa shape index (κ1) is 16.9. The molecule has 4 N–H and O–H groups in total. The average molecular weight is 358 g/mol. The van der Waals surface area contributed by atoms with E-state index in [-0.39, 0.29) is 11.3 Å². The quantitative estimate of drug-likeness (QED) is 0.552. The van der Waals surface area contributed by atoms with Gasteiger partial charge in [0.2, 0.25) is 0 Å². The number of carbonyl (C=O) groups excluding carboxylic acids is 1. The van der Waals surface area contributed by atoms with Gasteiger partial charge in [0.15, 0.2) is 6.04 Å². The number of aliphatic hydroxyl groups is 1. The second-order valence-electron chi connectivity index (χ2n) is 5.27. The Kier molecular flexibility index (Phi) is 4.64. The number of fused-ring (bicyclic) bond motifs is 1. The number of carboxylic acid groups (broad SMARTS) is 1. The highest BCUT2D eigenvalue weighted by molar-refractivity contribution is 7.21. The van der Waals surface area contributed by atoms with E-state index in [0.29, 0.717) is 16.1 Å². The summed E-state index contributed by atoms with van der Waals surface area (Å²) in [6.45, 7) is -0.693. The third-order valence-electron chi connectivity index (χ3n) is 3.57. The molecule has 1 atom stereocenters. The molecule has 1 unspecified atom stereocenters. The number of aliphatic hydroxyl groups excluding tert-OH is 1. The Morgan fingerprint density at radius 1 is 1.20 bits per heavy atom. The topological polar surface area (TPSA) is 120 Å². The minimum absolute atomic E-state index is 0.117. The largest absolute Gasteiger partial charge is 0.507 e. The molecule has 0 fully saturated rings. The standard InChI is InChI=1S/C17H14N2O5S/c20-8-12(17(23)24)18-15(22)9-5-6-11-14(7-9)25-16(19-11)10-3-1-2-4-13(10)21/h1-7,12,20-21H,8H2,(H,18,22)(H,23,24). The fourth-order valence-corrected chi connectivity index (χ4v) is 3.30. The van der Waals surface area contributed by atoms with Gasteiger partial charge in [-0.05, 0) is 30.3 Å². The van der Waals surface area contributed by atoms with Gasteiger partial charge in [-0.25, -0.2) is 9.78 Å². The highest BCUT2D eigenvalue weighted by Gasteiger charge is 2.20. The van der Waals surface area contributed by atoms with Crippen LogP contribution in [0.15, 0.2) is 42.5 Å². The molecule has 0 bridgehead atoms. The first-order valence-corrected chi connectivity index (χ1v) is 8.14. The van der Waals surface area contributed by atoms with Crippen LogP contribution in [0, 0.1) is 0 Å². The molecule has 7 nitrogen and oxygen atoms in total. The maximum Gasteiger partial charge on any atom is 0.328 e. The molecule has 1 heterocycles. The van der Waals surface area contributed by atoms with Crippen LogP contribution >= 0.6 is 11.3 Å². The van der Waals surface area contributed by atoms with Crippen LogP contribution in [0.1, 0.15) is 10.4 Å². The SMILES string of the molecule is O=C(NC(CO)C(=O)O)c1ccc2nc(-c3ccccc3O)sc2c1. The van der Waals surface area contributed by atoms with Crippen molar-refractivity contribution in [3.05, 3.63) is 48.0 Å². The molecule has 0 aliphatic heterocycles. The van der Waals surface area contributed by atoms with Crippen molar-refractivity contribution in [2.75, 3.05) is 6.61 Å². The lowest BCUT2D eigenvalue weighted by molar-refractivity contribution is -0.140. The second-order valence-corrected chi connectivity index (χ2v) is 6.30. The van der Waals surface area contributed by atoms with Gasteiger partial charge in [0.1, 0.15) is 10.8 Å². The van der Waals surface area contributed by atoms with Gasteiger partial charge in [-0.2, -0.15) is 0 Å². The zero-order chi connectivity index (χ0) is 18.0. The Hall–Kier alpha value is -2.97. The van der Waals surface area contributed by atoms with Gasteiger partial charge in [0.25, 0.3) is 5.91 Å². The molecule has 3 rings (SSSR count). The maximum absolute atomic E-state index is 12.2. The van der Waals surface area contributed by atoms with Crippen molar-refractivity contribution in [3.8, 4) is 16.3 Å². The van der Waals surface area contributed by atoms with E-state index in [1.54, 1.807) is 36.4 Å². The Morgan fingerprint density at radius 3 is 2.64 bits per heavy atom. The summed E-state index contributed by atoms with van der Waals surface area (Å²) >= 11 is 1.31. The molecular weight excluding hydrogens is 344 g/mol. The Labute approximate surface area is 146 Å². The number of hydrogen-bond donors (Lipinski definition) is 4. The van der Waals surface area contributed by atoms with E-state index in [1.165, 1.54) is 17.4 Å². The van der Waals surface area contributed by atoms with Crippen molar-refractivity contribution < 1.29 is 24.9 Å². The Balaban J connectivity index is 1.92. The van der Waals surface area contributed by atoms with Crippen LogP contribution in [0.2, 0.25) is 0 Å². The van der Waals surface area contributed by atoms with Gasteiger partial charge in [0.05, 0.1) is 22.4 Å². The number of nitrogens with zero attached hydrogens (tertiary/aromatic N) is 1. The molecule has 0 saturated carbocycles. The summed E-state index contributed by atoms with van der Waals surface area (Å²) in [7, 11) is 0. The molecule has 0 aliphatic carbocycles. The summed E-state index contributed by atoms with van der Waals surface area (Å²) in [5.41, 5.74) is 1.53. The van der Waals surface area contributed by atoms with Crippen LogP contribution in [0.25, 0.3) is 20.8 Å². The van der Waals surface area contributed by atoms with E-state index in [1.807, 2.05) is 0 Å². The van der Waals surface area contributed by atoms with Gasteiger partial charge in [-0.3, -0.25) is 4.79 Å². The van der Waals surface area contributed by atoms with E-state index in [9.17, 15) is 14.7 Å². The number of benzene rings is 2. The zero-order valence-corrected chi connectivity index (χ0v) is 13.7. The van der Waals surface area contributed by atoms with Crippen molar-refractivity contribution in [1.82, 2.24) is 10.3 Å². The molecule has 0 aliphatic rings. The van der Waals surface area contributed by atoms with Crippen LogP contribution in [0.3, 0.4) is 0 Å². The van der Waals surface area contributed by atoms with Gasteiger partial charge in [0, 0.05) is 5.56 Å². The molecule has 128 valence electrons. The van der Waals surface area contributed by atoms with E-state index in [0.717, 1.165) is 4.70 Å². The molecule has 1 amide bonds. The molecule has 2 aromatic carbocycles. The molecule has 0 saturated heterocycles. The van der Waals surface area contributed by atoms with Crippen molar-refractivity contribution in [2.45, 2.75) is 6.04 Å². The number of nitrogens with one attached hydrogen (secondary N) is 1. The predicted octanol–water partition coefficient (Wildman–Crippen LogP) is 1.84. The summed E-state index contributed by atoms with van der Waals surface area (Å²) in [6.07, 6.45) is 0. The number of rotatable bonds is 5. The highest BCUT2D eigenvalue weighted by atomic mass is 32.1. The van der Waals surface area contributed by atoms with Crippen molar-refractivity contribution in [3.63, 3.8) is 0 Å². The Morgan fingerprint density at radius 2 is 1.96 bits per heavy atom. The summed E-state index contributed by atoms with van der Waals surface area (Å²) < 4.78 is 0.724. The molecular formula is C17H14N2O5S. The number of amides is 1. The average Bonchev–Trinajstić information content (AvgIpc) is 3.02. The number of thiazole rings is 1. The van der Waals surface area contributed by atoms with Crippen molar-refractivity contribution >= 4 is 33.4 Å². The van der Waals surface area contributed by atoms with Crippen LogP contribution < -0.4 is 5.32 Å². The smallest absolute Gasteiger partial charge is 0.328 e. The van der Waals surface area contributed by atoms with E-state index >= 15 is 0 Å². The Bertz CT molecular complexity index is 953. The third kappa shape index (κ3) is 3.44. The van der Waals surface area contributed by atoms with Crippen LogP contribution in [-0.2, 0) is 4.79 Å². The van der Waals surface area contributed by atoms with Gasteiger partial charge in [-0.1, -0.05) is 12.1 Å². The number of carboxylic acids is 1. The molecule has 0 spiro atoms. The van der Waals surface area contributed by atoms with Gasteiger partial charge in [-0.15, -0.1) is 11.3 Å². The minimum atomic E-state index is -1.36. The summed E-state index contributed by atoms with van der Waals surface area (Å²) in [6, 6.07) is 10.3. The summed E-state index contributed by atoms with van der Waals surface area (Å²) in [5, 5.41) is 30.7. The number of aromatic hydroxyl groups is 1. The van der Waals surface area contributed by atoms with Crippen molar-refractivity contribution in [2.24, 2.45) is 0 Å². The maximum atomic E-state index is 12.2. The summed E-state index contributed by atoms with van der Waals surface area (Å²) in [5.74, 6) is -1.79. The fraction of sp³-hybridized carbons (Fsp3) is 0.118. The van der Waals surface area contributed by atoms with Gasteiger partial charge < -0.3 is 20.6 Å². The number of para-hydroxylation sites is 1. The van der Waals surface area contributed by atoms with Crippen molar-refractivity contribution in [1.29, 1.82) is 0 Å². The number of carbonyl (C=O) groups is 2. The lowest BCUT2D eigenvalue weighted by Gasteiger charge is -2.11. The van der Waals surface area contributed by atoms with Gasteiger partial charge >= 0.3 is 5.97 Å². The number of phenols is 1. The molecule has 0 radical (unpaired) electrons. The number of aromatic nitrogens is 1. The predicted molar refractivity (Wildman–Crippen MR) is 92.7 cm³/mol. The van der Waals surface area contributed by atoms with Crippen LogP contribution in [-0.4, -0.2) is 44.8 Å². The fourth-order valence-electron chi connectivity index (χ4n) is 2.26. The highest BCUT2D eigenvalue weighted by Crippen LogP contribution is 2.35. The molecule has 8 heteroatoms. The second kappa shape index (κ2) is 6.88. The zero-order valence-electron chi connectivity index (χ0n) is 12.8. The van der Waals surface area contributed by atoms with Crippen LogP contribution in [0.5, 0.6) is 5.75 Å². The normalized spacial score (nSPS) is 12.0. The monoisotopic (exact) mass is 358 g/mol. The molecule has 3 aromatic rings. The first-order chi connectivity index (χ1) is 12.0. The van der Waals surface area contributed by atoms with E-state index in [4.69, 9.17) is 10.2 Å². The lowest BCUT2D eigenvalue weighted by Crippen LogP contribution is -2.43. The summed E-state index contributed by atoms with van der Waals surface area (Å²) in [4.78, 5) is 27.5. The molecule has 1 aromatic heterocycles. The first-order valence-electron chi connectivity index (χ1n) is 7.33. The number of hydrogen-bond acceptors (Lipinski definition) is 6. The molecule has 25 heavy (non-hydrogen) atoms. The minimum Gasteiger partial charge on any atom is -0.507 e. The third-order valence-corrected chi connectivity index (χ3v) is 4.62. The lowest BCUT2D eigenvalue weighted by atomic mass is 10.2.